The van der Waals surface area contributed by atoms with E-state index in [0.29, 0.717) is 5.71 Å². The van der Waals surface area contributed by atoms with Gasteiger partial charge >= 0.3 is 0 Å². The minimum absolute atomic E-state index is 0.656. The van der Waals surface area contributed by atoms with E-state index in [1.54, 1.807) is 6.92 Å². The van der Waals surface area contributed by atoms with Gasteiger partial charge in [0.2, 0.25) is 0 Å². The number of hydrogen-bond acceptors (Lipinski definition) is 0. The van der Waals surface area contributed by atoms with E-state index in [1.807, 2.05) is 31.2 Å². The molecular weight excluding hydrogens is 136 g/mol. The Balaban J connectivity index is 3.24. The van der Waals surface area contributed by atoms with Crippen LogP contribution in [0.3, 0.4) is 0 Å². The van der Waals surface area contributed by atoms with Gasteiger partial charge in [0, 0.05) is 6.92 Å². The Kier molecular flexibility index (Phi) is 2.19. The monoisotopic (exact) mass is 146 g/mol. The first kappa shape index (κ1) is 7.70. The first-order chi connectivity index (χ1) is 5.25. The van der Waals surface area contributed by atoms with E-state index in [4.69, 9.17) is 5.53 Å². The van der Waals surface area contributed by atoms with Crippen molar-refractivity contribution in [3.63, 3.8) is 0 Å². The SMILES string of the molecule is CC(=[N+]=[N-])c1ccccc1C. The molecular formula is C9H10N2. The van der Waals surface area contributed by atoms with Crippen LogP contribution in [0.2, 0.25) is 0 Å². The van der Waals surface area contributed by atoms with E-state index in [1.165, 1.54) is 0 Å². The van der Waals surface area contributed by atoms with Crippen LogP contribution in [0.4, 0.5) is 0 Å². The third-order valence-corrected chi connectivity index (χ3v) is 1.68. The summed E-state index contributed by atoms with van der Waals surface area (Å²) in [5, 5.41) is 0. The molecule has 0 aliphatic heterocycles. The van der Waals surface area contributed by atoms with E-state index in [0.717, 1.165) is 11.1 Å². The molecule has 0 fully saturated rings. The van der Waals surface area contributed by atoms with E-state index in [9.17, 15) is 0 Å². The van der Waals surface area contributed by atoms with Crippen molar-refractivity contribution in [3.05, 3.63) is 40.9 Å². The standard InChI is InChI=1S/C9H10N2/c1-7-5-3-4-6-9(7)8(2)11-10/h3-6H,1-2H3. The molecule has 1 rings (SSSR count). The second-order valence-corrected chi connectivity index (χ2v) is 2.50. The molecule has 0 N–H and O–H groups in total. The van der Waals surface area contributed by atoms with Gasteiger partial charge in [-0.2, -0.15) is 4.79 Å². The molecule has 0 heterocycles. The van der Waals surface area contributed by atoms with Gasteiger partial charge in [0.05, 0.1) is 5.56 Å². The molecule has 0 spiro atoms. The summed E-state index contributed by atoms with van der Waals surface area (Å²) in [6.45, 7) is 3.77. The summed E-state index contributed by atoms with van der Waals surface area (Å²) in [6.07, 6.45) is 0. The Bertz CT molecular complexity index is 309. The molecule has 0 aliphatic rings. The van der Waals surface area contributed by atoms with E-state index < -0.39 is 0 Å². The molecule has 0 radical (unpaired) electrons. The predicted octanol–water partition coefficient (Wildman–Crippen LogP) is 2.03. The highest BCUT2D eigenvalue weighted by Gasteiger charge is 2.05. The van der Waals surface area contributed by atoms with Crippen LogP contribution in [-0.2, 0) is 0 Å². The van der Waals surface area contributed by atoms with Crippen molar-refractivity contribution >= 4 is 5.71 Å². The van der Waals surface area contributed by atoms with Gasteiger partial charge in [-0.05, 0) is 18.6 Å². The topological polar surface area (TPSA) is 36.4 Å². The summed E-state index contributed by atoms with van der Waals surface area (Å²) < 4.78 is 0. The normalized spacial score (nSPS) is 8.91. The van der Waals surface area contributed by atoms with Gasteiger partial charge in [0.15, 0.2) is 0 Å². The Morgan fingerprint density at radius 2 is 2.00 bits per heavy atom. The predicted molar refractivity (Wildman–Crippen MR) is 44.6 cm³/mol. The zero-order valence-corrected chi connectivity index (χ0v) is 6.70. The first-order valence-electron chi connectivity index (χ1n) is 3.50. The van der Waals surface area contributed by atoms with Crippen molar-refractivity contribution in [3.8, 4) is 0 Å². The lowest BCUT2D eigenvalue weighted by Crippen LogP contribution is -1.97. The number of benzene rings is 1. The molecule has 2 heteroatoms. The Morgan fingerprint density at radius 1 is 1.36 bits per heavy atom. The minimum Gasteiger partial charge on any atom is -0.361 e. The molecule has 0 atom stereocenters. The first-order valence-corrected chi connectivity index (χ1v) is 3.50. The van der Waals surface area contributed by atoms with Gasteiger partial charge in [-0.15, -0.1) is 0 Å². The maximum atomic E-state index is 8.50. The molecule has 56 valence electrons. The highest BCUT2D eigenvalue weighted by Crippen LogP contribution is 2.06. The summed E-state index contributed by atoms with van der Waals surface area (Å²) >= 11 is 0. The fourth-order valence-corrected chi connectivity index (χ4v) is 1.03. The second-order valence-electron chi connectivity index (χ2n) is 2.50. The fraction of sp³-hybridized carbons (Fsp3) is 0.222. The van der Waals surface area contributed by atoms with Gasteiger partial charge < -0.3 is 5.53 Å². The third-order valence-electron chi connectivity index (χ3n) is 1.68. The van der Waals surface area contributed by atoms with Crippen molar-refractivity contribution in [1.29, 1.82) is 0 Å². The summed E-state index contributed by atoms with van der Waals surface area (Å²) in [7, 11) is 0. The zero-order valence-electron chi connectivity index (χ0n) is 6.70. The average molecular weight is 146 g/mol. The van der Waals surface area contributed by atoms with Crippen molar-refractivity contribution in [2.45, 2.75) is 13.8 Å². The fourth-order valence-electron chi connectivity index (χ4n) is 1.03. The van der Waals surface area contributed by atoms with Gasteiger partial charge in [0.1, 0.15) is 0 Å². The largest absolute Gasteiger partial charge is 0.361 e. The van der Waals surface area contributed by atoms with Crippen molar-refractivity contribution in [2.75, 3.05) is 0 Å². The quantitative estimate of drug-likeness (QED) is 0.330. The number of aryl methyl sites for hydroxylation is 1. The molecule has 1 aromatic rings. The van der Waals surface area contributed by atoms with Crippen LogP contribution in [0.25, 0.3) is 5.53 Å². The van der Waals surface area contributed by atoms with Gasteiger partial charge in [-0.3, -0.25) is 0 Å². The highest BCUT2D eigenvalue weighted by atomic mass is 14.8. The lowest BCUT2D eigenvalue weighted by Gasteiger charge is -1.95. The lowest BCUT2D eigenvalue weighted by molar-refractivity contribution is -0.00464. The maximum absolute atomic E-state index is 8.50. The second kappa shape index (κ2) is 3.13. The molecule has 0 bridgehead atoms. The summed E-state index contributed by atoms with van der Waals surface area (Å²) in [5.41, 5.74) is 11.3. The molecule has 2 nitrogen and oxygen atoms in total. The smallest absolute Gasteiger partial charge is 0.296 e. The molecule has 0 saturated heterocycles. The zero-order chi connectivity index (χ0) is 8.27. The Hall–Kier alpha value is -1.40. The maximum Gasteiger partial charge on any atom is 0.296 e. The van der Waals surface area contributed by atoms with Crippen LogP contribution in [0.15, 0.2) is 24.3 Å². The van der Waals surface area contributed by atoms with Crippen LogP contribution in [-0.4, -0.2) is 10.5 Å². The van der Waals surface area contributed by atoms with Crippen molar-refractivity contribution < 1.29 is 4.79 Å². The summed E-state index contributed by atoms with van der Waals surface area (Å²) in [4.78, 5) is 3.14. The average Bonchev–Trinajstić information content (AvgIpc) is 2.04. The molecule has 0 amide bonds. The van der Waals surface area contributed by atoms with Crippen LogP contribution < -0.4 is 0 Å². The van der Waals surface area contributed by atoms with E-state index >= 15 is 0 Å². The summed E-state index contributed by atoms with van der Waals surface area (Å²) in [6, 6.07) is 7.81. The number of rotatable bonds is 1. The lowest BCUT2D eigenvalue weighted by atomic mass is 10.1. The Morgan fingerprint density at radius 3 is 2.55 bits per heavy atom. The highest BCUT2D eigenvalue weighted by molar-refractivity contribution is 5.95. The van der Waals surface area contributed by atoms with Crippen LogP contribution in [0.5, 0.6) is 0 Å². The van der Waals surface area contributed by atoms with Crippen LogP contribution >= 0.6 is 0 Å². The van der Waals surface area contributed by atoms with Crippen LogP contribution in [0, 0.1) is 6.92 Å². The molecule has 0 aliphatic carbocycles. The van der Waals surface area contributed by atoms with Crippen molar-refractivity contribution in [1.82, 2.24) is 0 Å². The molecule has 0 saturated carbocycles. The third kappa shape index (κ3) is 1.54. The van der Waals surface area contributed by atoms with Gasteiger partial charge in [-0.25, -0.2) is 0 Å². The minimum atomic E-state index is 0.656. The van der Waals surface area contributed by atoms with Gasteiger partial charge in [-0.1, -0.05) is 18.2 Å². The molecule has 0 aromatic heterocycles. The number of nitrogens with zero attached hydrogens (tertiary/aromatic N) is 2. The van der Waals surface area contributed by atoms with Crippen LogP contribution in [0.1, 0.15) is 18.1 Å². The Labute approximate surface area is 66.1 Å². The van der Waals surface area contributed by atoms with E-state index in [2.05, 4.69) is 4.79 Å². The molecule has 11 heavy (non-hydrogen) atoms. The van der Waals surface area contributed by atoms with Crippen molar-refractivity contribution in [2.24, 2.45) is 0 Å². The number of hydrogen-bond donors (Lipinski definition) is 0. The summed E-state index contributed by atoms with van der Waals surface area (Å²) in [5.74, 6) is 0. The van der Waals surface area contributed by atoms with E-state index in [-0.39, 0.29) is 0 Å². The molecule has 0 unspecified atom stereocenters. The van der Waals surface area contributed by atoms with Gasteiger partial charge in [0.25, 0.3) is 5.71 Å². The molecule has 1 aromatic carbocycles.